The molecule has 0 radical (unpaired) electrons. The van der Waals surface area contributed by atoms with Crippen LogP contribution in [0.3, 0.4) is 0 Å². The van der Waals surface area contributed by atoms with Crippen LogP contribution in [0.1, 0.15) is 66.0 Å². The monoisotopic (exact) mass is 433 g/mol. The van der Waals surface area contributed by atoms with E-state index in [1.165, 1.54) is 0 Å². The zero-order chi connectivity index (χ0) is 23.3. The smallest absolute Gasteiger partial charge is 0.151 e. The minimum atomic E-state index is 0.0641. The van der Waals surface area contributed by atoms with Gasteiger partial charge in [-0.15, -0.1) is 10.2 Å². The Morgan fingerprint density at radius 2 is 1.69 bits per heavy atom. The molecular formula is C26H35N5O. The third-order valence-electron chi connectivity index (χ3n) is 6.45. The SMILES string of the molecule is CC(C)c1cc2cc(-c3ccc(N(C)C4CC(C)(C)NC(C)(C)C4)nn3)c(O)cc2cn1. The lowest BCUT2D eigenvalue weighted by molar-refractivity contribution is 0.160. The molecule has 32 heavy (non-hydrogen) atoms. The summed E-state index contributed by atoms with van der Waals surface area (Å²) < 4.78 is 0. The summed E-state index contributed by atoms with van der Waals surface area (Å²) in [7, 11) is 2.10. The molecule has 0 spiro atoms. The Morgan fingerprint density at radius 3 is 2.28 bits per heavy atom. The number of phenolic OH excluding ortho intramolecular Hbond substituents is 1. The molecule has 1 aliphatic heterocycles. The summed E-state index contributed by atoms with van der Waals surface area (Å²) in [6, 6.07) is 10.1. The number of rotatable bonds is 4. The maximum Gasteiger partial charge on any atom is 0.151 e. The van der Waals surface area contributed by atoms with Crippen LogP contribution in [0.2, 0.25) is 0 Å². The predicted molar refractivity (Wildman–Crippen MR) is 131 cm³/mol. The van der Waals surface area contributed by atoms with Crippen molar-refractivity contribution in [2.24, 2.45) is 0 Å². The van der Waals surface area contributed by atoms with Crippen molar-refractivity contribution in [2.75, 3.05) is 11.9 Å². The molecule has 4 rings (SSSR count). The standard InChI is InChI=1S/C26H35N5O/c1-16(2)22-11-17-10-20(23(32)12-18(17)15-27-22)21-8-9-24(29-28-21)31(7)19-13-25(3,4)30-26(5,6)14-19/h8-12,15-16,19,30,32H,13-14H2,1-7H3. The van der Waals surface area contributed by atoms with E-state index < -0.39 is 0 Å². The summed E-state index contributed by atoms with van der Waals surface area (Å²) in [6.07, 6.45) is 3.89. The van der Waals surface area contributed by atoms with Crippen LogP contribution < -0.4 is 10.2 Å². The second-order valence-electron chi connectivity index (χ2n) is 10.8. The summed E-state index contributed by atoms with van der Waals surface area (Å²) in [5.41, 5.74) is 2.51. The Morgan fingerprint density at radius 1 is 1.00 bits per heavy atom. The first-order valence-electron chi connectivity index (χ1n) is 11.4. The number of pyridine rings is 1. The maximum atomic E-state index is 10.6. The molecule has 0 unspecified atom stereocenters. The van der Waals surface area contributed by atoms with Crippen LogP contribution >= 0.6 is 0 Å². The van der Waals surface area contributed by atoms with E-state index in [0.29, 0.717) is 23.2 Å². The number of hydrogen-bond donors (Lipinski definition) is 2. The van der Waals surface area contributed by atoms with Crippen LogP contribution in [-0.4, -0.2) is 44.5 Å². The van der Waals surface area contributed by atoms with Gasteiger partial charge in [-0.1, -0.05) is 13.8 Å². The summed E-state index contributed by atoms with van der Waals surface area (Å²) in [5.74, 6) is 1.38. The molecular weight excluding hydrogens is 398 g/mol. The summed E-state index contributed by atoms with van der Waals surface area (Å²) in [5, 5.41) is 25.3. The fourth-order valence-corrected chi connectivity index (χ4v) is 5.11. The van der Waals surface area contributed by atoms with Crippen LogP contribution in [0.4, 0.5) is 5.82 Å². The fourth-order valence-electron chi connectivity index (χ4n) is 5.11. The summed E-state index contributed by atoms with van der Waals surface area (Å²) in [4.78, 5) is 6.73. The van der Waals surface area contributed by atoms with Crippen LogP contribution in [0, 0.1) is 0 Å². The van der Waals surface area contributed by atoms with Gasteiger partial charge in [0.15, 0.2) is 5.82 Å². The number of anilines is 1. The molecule has 1 aromatic carbocycles. The van der Waals surface area contributed by atoms with Crippen molar-refractivity contribution in [2.45, 2.75) is 77.4 Å². The third-order valence-corrected chi connectivity index (χ3v) is 6.45. The number of nitrogens with one attached hydrogen (secondary N) is 1. The minimum Gasteiger partial charge on any atom is -0.507 e. The Hall–Kier alpha value is -2.73. The van der Waals surface area contributed by atoms with E-state index in [1.54, 1.807) is 6.07 Å². The lowest BCUT2D eigenvalue weighted by Gasteiger charge is -2.49. The maximum absolute atomic E-state index is 10.6. The Labute approximate surface area is 191 Å². The third kappa shape index (κ3) is 4.56. The van der Waals surface area contributed by atoms with E-state index in [9.17, 15) is 5.11 Å². The van der Waals surface area contributed by atoms with Crippen LogP contribution in [-0.2, 0) is 0 Å². The molecule has 3 heterocycles. The average molecular weight is 434 g/mol. The second-order valence-corrected chi connectivity index (χ2v) is 10.8. The highest BCUT2D eigenvalue weighted by atomic mass is 16.3. The zero-order valence-electron chi connectivity index (χ0n) is 20.3. The number of aromatic hydroxyl groups is 1. The van der Waals surface area contributed by atoms with E-state index in [0.717, 1.165) is 35.1 Å². The summed E-state index contributed by atoms with van der Waals surface area (Å²) in [6.45, 7) is 13.3. The van der Waals surface area contributed by atoms with E-state index in [4.69, 9.17) is 0 Å². The molecule has 0 bridgehead atoms. The number of aromatic nitrogens is 3. The highest BCUT2D eigenvalue weighted by molar-refractivity contribution is 5.89. The van der Waals surface area contributed by atoms with Gasteiger partial charge in [0.2, 0.25) is 0 Å². The molecule has 3 aromatic rings. The first-order valence-corrected chi connectivity index (χ1v) is 11.4. The van der Waals surface area contributed by atoms with Crippen molar-refractivity contribution in [1.82, 2.24) is 20.5 Å². The highest BCUT2D eigenvalue weighted by Gasteiger charge is 2.39. The van der Waals surface area contributed by atoms with Crippen LogP contribution in [0.5, 0.6) is 5.75 Å². The molecule has 2 aromatic heterocycles. The van der Waals surface area contributed by atoms with Gasteiger partial charge in [0.25, 0.3) is 0 Å². The largest absolute Gasteiger partial charge is 0.507 e. The van der Waals surface area contributed by atoms with Gasteiger partial charge in [-0.3, -0.25) is 4.98 Å². The van der Waals surface area contributed by atoms with E-state index in [2.05, 4.69) is 80.1 Å². The molecule has 0 amide bonds. The number of benzene rings is 1. The molecule has 1 aliphatic rings. The predicted octanol–water partition coefficient (Wildman–Crippen LogP) is 5.27. The molecule has 170 valence electrons. The van der Waals surface area contributed by atoms with Gasteiger partial charge in [0, 0.05) is 47.0 Å². The van der Waals surface area contributed by atoms with Crippen molar-refractivity contribution in [3.63, 3.8) is 0 Å². The lowest BCUT2D eigenvalue weighted by atomic mass is 9.79. The number of piperidine rings is 1. The fraction of sp³-hybridized carbons (Fsp3) is 0.500. The summed E-state index contributed by atoms with van der Waals surface area (Å²) >= 11 is 0. The molecule has 0 atom stereocenters. The molecule has 1 fully saturated rings. The van der Waals surface area contributed by atoms with Crippen molar-refractivity contribution in [3.05, 3.63) is 42.2 Å². The highest BCUT2D eigenvalue weighted by Crippen LogP contribution is 2.35. The minimum absolute atomic E-state index is 0.0641. The van der Waals surface area contributed by atoms with Crippen molar-refractivity contribution >= 4 is 16.6 Å². The number of hydrogen-bond acceptors (Lipinski definition) is 6. The van der Waals surface area contributed by atoms with Gasteiger partial charge in [0.05, 0.1) is 5.69 Å². The lowest BCUT2D eigenvalue weighted by Crippen LogP contribution is -2.62. The van der Waals surface area contributed by atoms with Gasteiger partial charge in [0.1, 0.15) is 5.75 Å². The Balaban J connectivity index is 1.62. The first-order chi connectivity index (χ1) is 14.9. The Kier molecular flexibility index (Phi) is 5.61. The average Bonchev–Trinajstić information content (AvgIpc) is 2.70. The van der Waals surface area contributed by atoms with Crippen molar-refractivity contribution < 1.29 is 5.11 Å². The molecule has 0 saturated carbocycles. The molecule has 0 aliphatic carbocycles. The van der Waals surface area contributed by atoms with E-state index >= 15 is 0 Å². The van der Waals surface area contributed by atoms with Gasteiger partial charge >= 0.3 is 0 Å². The van der Waals surface area contributed by atoms with Crippen molar-refractivity contribution in [1.29, 1.82) is 0 Å². The van der Waals surface area contributed by atoms with Gasteiger partial charge < -0.3 is 15.3 Å². The molecule has 2 N–H and O–H groups in total. The zero-order valence-corrected chi connectivity index (χ0v) is 20.3. The Bertz CT molecular complexity index is 1110. The van der Waals surface area contributed by atoms with Gasteiger partial charge in [-0.2, -0.15) is 0 Å². The number of nitrogens with zero attached hydrogens (tertiary/aromatic N) is 4. The number of phenols is 1. The van der Waals surface area contributed by atoms with E-state index in [1.807, 2.05) is 24.4 Å². The quantitative estimate of drug-likeness (QED) is 0.584. The van der Waals surface area contributed by atoms with Gasteiger partial charge in [-0.05, 0) is 82.2 Å². The molecule has 1 saturated heterocycles. The molecule has 6 heteroatoms. The van der Waals surface area contributed by atoms with E-state index in [-0.39, 0.29) is 16.8 Å². The second kappa shape index (κ2) is 8.00. The normalized spacial score (nSPS) is 18.2. The topological polar surface area (TPSA) is 74.2 Å². The number of fused-ring (bicyclic) bond motifs is 1. The first kappa shape index (κ1) is 22.5. The molecule has 6 nitrogen and oxygen atoms in total. The van der Waals surface area contributed by atoms with Crippen LogP contribution in [0.25, 0.3) is 22.0 Å². The van der Waals surface area contributed by atoms with Crippen LogP contribution in [0.15, 0.2) is 36.5 Å². The van der Waals surface area contributed by atoms with Gasteiger partial charge in [-0.25, -0.2) is 0 Å². The van der Waals surface area contributed by atoms with Crippen molar-refractivity contribution in [3.8, 4) is 17.0 Å².